The summed E-state index contributed by atoms with van der Waals surface area (Å²) in [4.78, 5) is 10.4. The van der Waals surface area contributed by atoms with E-state index >= 15 is 0 Å². The molecule has 0 fully saturated rings. The molecule has 2 aromatic heterocycles. The number of hydrogen-bond acceptors (Lipinski definition) is 4. The Bertz CT molecular complexity index is 2610. The molecule has 0 bridgehead atoms. The Hall–Kier alpha value is -6.40. The number of anilines is 4. The molecule has 0 saturated heterocycles. The first-order valence-corrected chi connectivity index (χ1v) is 20.4. The van der Waals surface area contributed by atoms with E-state index in [2.05, 4.69) is 210 Å². The number of nitrogens with zero attached hydrogens (tertiary/aromatic N) is 2. The lowest BCUT2D eigenvalue weighted by Gasteiger charge is -2.47. The molecule has 0 aliphatic carbocycles. The van der Waals surface area contributed by atoms with Gasteiger partial charge in [-0.3, -0.25) is 0 Å². The molecule has 0 radical (unpaired) electrons. The SMILES string of the molecule is c1ccc(-c2sc(-c3ccccc3)c3c2-c2cccc4c2B(N3c2ccccc2)N(c2ccccc2)c2c(-c3ccccc3)sc(-c3ccccc3)c2-4)cc1. The normalized spacial score (nSPS) is 12.6. The maximum absolute atomic E-state index is 2.65. The summed E-state index contributed by atoms with van der Waals surface area (Å²) in [5.74, 6) is 0. The van der Waals surface area contributed by atoms with Gasteiger partial charge in [0.25, 0.3) is 0 Å². The van der Waals surface area contributed by atoms with Crippen LogP contribution in [-0.4, -0.2) is 6.98 Å². The van der Waals surface area contributed by atoms with Gasteiger partial charge in [0.2, 0.25) is 0 Å². The largest absolute Gasteiger partial charge is 0.422 e. The summed E-state index contributed by atoms with van der Waals surface area (Å²) >= 11 is 3.81. The molecule has 0 saturated carbocycles. The zero-order valence-electron chi connectivity index (χ0n) is 29.8. The first kappa shape index (κ1) is 32.1. The first-order valence-electron chi connectivity index (χ1n) is 18.7. The van der Waals surface area contributed by atoms with Gasteiger partial charge in [-0.05, 0) is 63.1 Å². The molecule has 258 valence electrons. The van der Waals surface area contributed by atoms with Crippen molar-refractivity contribution in [2.75, 3.05) is 9.62 Å². The van der Waals surface area contributed by atoms with E-state index in [1.54, 1.807) is 0 Å². The molecule has 2 nitrogen and oxygen atoms in total. The molecule has 11 rings (SSSR count). The van der Waals surface area contributed by atoms with E-state index in [1.165, 1.54) is 80.9 Å². The van der Waals surface area contributed by atoms with Crippen molar-refractivity contribution in [2.45, 2.75) is 0 Å². The van der Waals surface area contributed by atoms with Gasteiger partial charge in [-0.25, -0.2) is 0 Å². The summed E-state index contributed by atoms with van der Waals surface area (Å²) in [5, 5.41) is 0. The van der Waals surface area contributed by atoms with Crippen molar-refractivity contribution >= 4 is 57.9 Å². The zero-order chi connectivity index (χ0) is 36.3. The third-order valence-corrected chi connectivity index (χ3v) is 13.4. The molecule has 7 aromatic carbocycles. The van der Waals surface area contributed by atoms with Crippen molar-refractivity contribution < 1.29 is 0 Å². The standard InChI is InChI=1S/C50H33BN2S2/c1-7-20-34(21-8-1)47-42-40-32-19-33-41-43-46(50(37-26-13-4-14-27-37)55-48(43)35-22-9-2-10-23-35)53(39-30-17-6-18-31-39)51(44(40)41)52(38-28-15-5-16-29-38)45(42)49(54-47)36-24-11-3-12-25-36/h1-33H. The lowest BCUT2D eigenvalue weighted by Crippen LogP contribution is -2.61. The fourth-order valence-corrected chi connectivity index (χ4v) is 11.2. The van der Waals surface area contributed by atoms with Crippen molar-refractivity contribution in [3.63, 3.8) is 0 Å². The number of rotatable bonds is 6. The molecule has 0 unspecified atom stereocenters. The van der Waals surface area contributed by atoms with Crippen LogP contribution in [0.5, 0.6) is 0 Å². The highest BCUT2D eigenvalue weighted by atomic mass is 32.1. The van der Waals surface area contributed by atoms with Crippen molar-refractivity contribution in [2.24, 2.45) is 0 Å². The minimum atomic E-state index is -0.183. The average Bonchev–Trinajstić information content (AvgIpc) is 3.87. The van der Waals surface area contributed by atoms with Crippen LogP contribution in [0.3, 0.4) is 0 Å². The van der Waals surface area contributed by atoms with Gasteiger partial charge >= 0.3 is 6.98 Å². The maximum Gasteiger partial charge on any atom is 0.422 e. The van der Waals surface area contributed by atoms with Gasteiger partial charge in [-0.1, -0.05) is 176 Å². The molecule has 9 aromatic rings. The van der Waals surface area contributed by atoms with Crippen LogP contribution in [0.4, 0.5) is 22.7 Å². The summed E-state index contributed by atoms with van der Waals surface area (Å²) in [6.45, 7) is -0.183. The van der Waals surface area contributed by atoms with Gasteiger partial charge in [-0.15, -0.1) is 22.7 Å². The summed E-state index contributed by atoms with van der Waals surface area (Å²) in [7, 11) is 0. The van der Waals surface area contributed by atoms with E-state index in [0.717, 1.165) is 11.4 Å². The minimum Gasteiger partial charge on any atom is -0.360 e. The fourth-order valence-electron chi connectivity index (χ4n) is 8.58. The number of fused-ring (bicyclic) bond motifs is 4. The Morgan fingerprint density at radius 1 is 0.309 bits per heavy atom. The molecule has 2 aliphatic rings. The van der Waals surface area contributed by atoms with Gasteiger partial charge in [0.05, 0.1) is 21.1 Å². The molecule has 0 atom stereocenters. The molecular formula is C50H33BN2S2. The predicted octanol–water partition coefficient (Wildman–Crippen LogP) is 13.8. The van der Waals surface area contributed by atoms with Gasteiger partial charge in [0.1, 0.15) is 0 Å². The summed E-state index contributed by atoms with van der Waals surface area (Å²) in [6, 6.07) is 73.0. The predicted molar refractivity (Wildman–Crippen MR) is 237 cm³/mol. The zero-order valence-corrected chi connectivity index (χ0v) is 31.5. The highest BCUT2D eigenvalue weighted by molar-refractivity contribution is 7.21. The monoisotopic (exact) mass is 736 g/mol. The minimum absolute atomic E-state index is 0.183. The number of thiophene rings is 2. The Morgan fingerprint density at radius 2 is 0.618 bits per heavy atom. The molecule has 0 N–H and O–H groups in total. The van der Waals surface area contributed by atoms with Gasteiger partial charge in [0.15, 0.2) is 0 Å². The van der Waals surface area contributed by atoms with Gasteiger partial charge in [0, 0.05) is 32.3 Å². The fraction of sp³-hybridized carbons (Fsp3) is 0. The average molecular weight is 737 g/mol. The van der Waals surface area contributed by atoms with Crippen LogP contribution in [0.25, 0.3) is 64.0 Å². The Balaban J connectivity index is 1.33. The molecule has 0 spiro atoms. The molecule has 0 amide bonds. The van der Waals surface area contributed by atoms with Gasteiger partial charge < -0.3 is 9.62 Å². The van der Waals surface area contributed by atoms with Crippen LogP contribution in [0, 0.1) is 0 Å². The van der Waals surface area contributed by atoms with Crippen molar-refractivity contribution in [3.8, 4) is 64.0 Å². The smallest absolute Gasteiger partial charge is 0.360 e. The van der Waals surface area contributed by atoms with Gasteiger partial charge in [-0.2, -0.15) is 0 Å². The van der Waals surface area contributed by atoms with E-state index in [9.17, 15) is 0 Å². The molecular weight excluding hydrogens is 704 g/mol. The quantitative estimate of drug-likeness (QED) is 0.157. The Morgan fingerprint density at radius 3 is 0.964 bits per heavy atom. The van der Waals surface area contributed by atoms with E-state index in [1.807, 2.05) is 22.7 Å². The van der Waals surface area contributed by atoms with E-state index in [-0.39, 0.29) is 6.98 Å². The number of benzene rings is 7. The second kappa shape index (κ2) is 13.2. The van der Waals surface area contributed by atoms with Crippen LogP contribution in [0.15, 0.2) is 200 Å². The third kappa shape index (κ3) is 5.08. The topological polar surface area (TPSA) is 6.48 Å². The second-order valence-corrected chi connectivity index (χ2v) is 16.0. The van der Waals surface area contributed by atoms with Crippen LogP contribution in [0.2, 0.25) is 0 Å². The highest BCUT2D eigenvalue weighted by Gasteiger charge is 2.50. The third-order valence-electron chi connectivity index (χ3n) is 10.9. The summed E-state index contributed by atoms with van der Waals surface area (Å²) < 4.78 is 0. The lowest BCUT2D eigenvalue weighted by atomic mass is 9.53. The first-order chi connectivity index (χ1) is 27.3. The molecule has 4 heterocycles. The lowest BCUT2D eigenvalue weighted by molar-refractivity contribution is 1.28. The number of para-hydroxylation sites is 2. The van der Waals surface area contributed by atoms with Crippen LogP contribution >= 0.6 is 22.7 Å². The molecule has 2 aliphatic heterocycles. The molecule has 5 heteroatoms. The van der Waals surface area contributed by atoms with Crippen LogP contribution < -0.4 is 15.1 Å². The van der Waals surface area contributed by atoms with E-state index in [0.29, 0.717) is 0 Å². The van der Waals surface area contributed by atoms with Crippen LogP contribution in [0.1, 0.15) is 0 Å². The summed E-state index contributed by atoms with van der Waals surface area (Å²) in [5.41, 5.74) is 16.2. The maximum atomic E-state index is 2.65. The van der Waals surface area contributed by atoms with E-state index < -0.39 is 0 Å². The Labute approximate surface area is 330 Å². The number of hydrogen-bond donors (Lipinski definition) is 0. The van der Waals surface area contributed by atoms with Crippen molar-refractivity contribution in [1.82, 2.24) is 0 Å². The summed E-state index contributed by atoms with van der Waals surface area (Å²) in [6.07, 6.45) is 0. The van der Waals surface area contributed by atoms with Crippen molar-refractivity contribution in [3.05, 3.63) is 200 Å². The van der Waals surface area contributed by atoms with E-state index in [4.69, 9.17) is 0 Å². The second-order valence-electron chi connectivity index (χ2n) is 14.0. The van der Waals surface area contributed by atoms with Crippen molar-refractivity contribution in [1.29, 1.82) is 0 Å². The highest BCUT2D eigenvalue weighted by Crippen LogP contribution is 2.61. The Kier molecular flexibility index (Phi) is 7.68. The molecule has 55 heavy (non-hydrogen) atoms. The van der Waals surface area contributed by atoms with Crippen LogP contribution in [-0.2, 0) is 0 Å².